The van der Waals surface area contributed by atoms with Gasteiger partial charge in [-0.25, -0.2) is 0 Å². The monoisotopic (exact) mass is 355 g/mol. The maximum atomic E-state index is 12.1. The number of nitrogens with one attached hydrogen (secondary N) is 1. The predicted octanol–water partition coefficient (Wildman–Crippen LogP) is 0.428. The van der Waals surface area contributed by atoms with Crippen LogP contribution >= 0.6 is 0 Å². The van der Waals surface area contributed by atoms with E-state index in [2.05, 4.69) is 6.07 Å². The first-order chi connectivity index (χ1) is 12.7. The Morgan fingerprint density at radius 3 is 2.85 bits per heavy atom. The van der Waals surface area contributed by atoms with E-state index in [0.29, 0.717) is 31.6 Å². The zero-order chi connectivity index (χ0) is 17.9. The number of aliphatic hydroxyl groups excluding tert-OH is 1. The highest BCUT2D eigenvalue weighted by Crippen LogP contribution is 2.29. The predicted molar refractivity (Wildman–Crippen MR) is 99.2 cm³/mol. The second kappa shape index (κ2) is 7.74. The molecule has 0 radical (unpaired) electrons. The van der Waals surface area contributed by atoms with Crippen molar-refractivity contribution in [2.24, 2.45) is 5.92 Å². The highest BCUT2D eigenvalue weighted by Gasteiger charge is 2.37. The SMILES string of the molecule is O=c1cccc2n1C[C@@H]1C[C@H]2C[NH+](C[C@@H](O)COCc2ccccc2)C1. The van der Waals surface area contributed by atoms with Crippen molar-refractivity contribution in [2.45, 2.75) is 31.6 Å². The number of hydrogen-bond donors (Lipinski definition) is 2. The molecule has 2 aliphatic rings. The number of nitrogens with zero attached hydrogens (tertiary/aromatic N) is 1. The van der Waals surface area contributed by atoms with Gasteiger partial charge in [0, 0.05) is 30.1 Å². The van der Waals surface area contributed by atoms with E-state index in [9.17, 15) is 9.90 Å². The van der Waals surface area contributed by atoms with Crippen molar-refractivity contribution in [3.8, 4) is 0 Å². The summed E-state index contributed by atoms with van der Waals surface area (Å²) in [6.45, 7) is 4.43. The smallest absolute Gasteiger partial charge is 0.250 e. The van der Waals surface area contributed by atoms with Crippen LogP contribution in [-0.4, -0.2) is 42.0 Å². The first kappa shape index (κ1) is 17.5. The van der Waals surface area contributed by atoms with Crippen LogP contribution in [0.25, 0.3) is 0 Å². The summed E-state index contributed by atoms with van der Waals surface area (Å²) >= 11 is 0. The molecule has 4 atom stereocenters. The van der Waals surface area contributed by atoms with Crippen LogP contribution in [0.5, 0.6) is 0 Å². The number of aromatic nitrogens is 1. The highest BCUT2D eigenvalue weighted by molar-refractivity contribution is 5.15. The van der Waals surface area contributed by atoms with Gasteiger partial charge in [0.25, 0.3) is 5.56 Å². The zero-order valence-corrected chi connectivity index (χ0v) is 15.0. The third-order valence-electron chi connectivity index (χ3n) is 5.62. The number of rotatable bonds is 6. The van der Waals surface area contributed by atoms with Crippen LogP contribution < -0.4 is 10.5 Å². The van der Waals surface area contributed by atoms with Gasteiger partial charge in [0.05, 0.1) is 26.3 Å². The average molecular weight is 355 g/mol. The minimum Gasteiger partial charge on any atom is -0.385 e. The molecular formula is C21H27N2O3+. The van der Waals surface area contributed by atoms with Crippen LogP contribution in [0.15, 0.2) is 53.3 Å². The fraction of sp³-hybridized carbons (Fsp3) is 0.476. The number of pyridine rings is 1. The first-order valence-corrected chi connectivity index (χ1v) is 9.52. The third kappa shape index (κ3) is 3.90. The van der Waals surface area contributed by atoms with Gasteiger partial charge >= 0.3 is 0 Å². The van der Waals surface area contributed by atoms with Gasteiger partial charge in [-0.05, 0) is 18.1 Å². The van der Waals surface area contributed by atoms with Crippen molar-refractivity contribution in [2.75, 3.05) is 26.2 Å². The fourth-order valence-electron chi connectivity index (χ4n) is 4.57. The number of aliphatic hydroxyl groups is 1. The van der Waals surface area contributed by atoms with Gasteiger partial charge in [0.2, 0.25) is 0 Å². The number of quaternary nitrogens is 1. The number of fused-ring (bicyclic) bond motifs is 4. The summed E-state index contributed by atoms with van der Waals surface area (Å²) in [6, 6.07) is 15.7. The molecule has 5 nitrogen and oxygen atoms in total. The largest absolute Gasteiger partial charge is 0.385 e. The summed E-state index contributed by atoms with van der Waals surface area (Å²) in [7, 11) is 0. The van der Waals surface area contributed by atoms with Crippen LogP contribution in [0, 0.1) is 5.92 Å². The van der Waals surface area contributed by atoms with Crippen molar-refractivity contribution < 1.29 is 14.7 Å². The molecule has 138 valence electrons. The van der Waals surface area contributed by atoms with Crippen molar-refractivity contribution in [3.63, 3.8) is 0 Å². The Labute approximate surface area is 153 Å². The lowest BCUT2D eigenvalue weighted by Crippen LogP contribution is -3.15. The van der Waals surface area contributed by atoms with E-state index in [4.69, 9.17) is 4.74 Å². The molecule has 1 aromatic heterocycles. The second-order valence-corrected chi connectivity index (χ2v) is 7.72. The molecule has 1 unspecified atom stereocenters. The Kier molecular flexibility index (Phi) is 5.20. The number of ether oxygens (including phenoxy) is 1. The van der Waals surface area contributed by atoms with Crippen molar-refractivity contribution in [1.29, 1.82) is 0 Å². The lowest BCUT2D eigenvalue weighted by molar-refractivity contribution is -0.914. The van der Waals surface area contributed by atoms with E-state index in [1.54, 1.807) is 6.07 Å². The average Bonchev–Trinajstić information content (AvgIpc) is 2.63. The molecule has 0 amide bonds. The lowest BCUT2D eigenvalue weighted by atomic mass is 9.83. The maximum absolute atomic E-state index is 12.1. The van der Waals surface area contributed by atoms with Gasteiger partial charge < -0.3 is 19.3 Å². The van der Waals surface area contributed by atoms with Gasteiger partial charge in [-0.15, -0.1) is 0 Å². The Balaban J connectivity index is 1.30. The molecule has 2 aliphatic heterocycles. The molecule has 2 N–H and O–H groups in total. The van der Waals surface area contributed by atoms with E-state index in [-0.39, 0.29) is 5.56 Å². The van der Waals surface area contributed by atoms with Crippen LogP contribution in [0.1, 0.15) is 23.6 Å². The van der Waals surface area contributed by atoms with E-state index >= 15 is 0 Å². The Morgan fingerprint density at radius 2 is 2.00 bits per heavy atom. The number of benzene rings is 1. The summed E-state index contributed by atoms with van der Waals surface area (Å²) in [4.78, 5) is 13.5. The summed E-state index contributed by atoms with van der Waals surface area (Å²) < 4.78 is 7.63. The quantitative estimate of drug-likeness (QED) is 0.790. The van der Waals surface area contributed by atoms with Gasteiger partial charge in [0.1, 0.15) is 12.6 Å². The molecule has 4 rings (SSSR count). The van der Waals surface area contributed by atoms with E-state index in [0.717, 1.165) is 31.6 Å². The van der Waals surface area contributed by atoms with E-state index in [1.165, 1.54) is 10.6 Å². The molecule has 2 bridgehead atoms. The molecule has 2 aromatic rings. The van der Waals surface area contributed by atoms with Crippen LogP contribution in [0.3, 0.4) is 0 Å². The molecule has 3 heterocycles. The zero-order valence-electron chi connectivity index (χ0n) is 15.0. The lowest BCUT2D eigenvalue weighted by Gasteiger charge is -2.40. The minimum atomic E-state index is -0.453. The first-order valence-electron chi connectivity index (χ1n) is 9.52. The van der Waals surface area contributed by atoms with E-state index in [1.807, 2.05) is 41.0 Å². The van der Waals surface area contributed by atoms with Crippen LogP contribution in [0.4, 0.5) is 0 Å². The molecular weight excluding hydrogens is 328 g/mol. The van der Waals surface area contributed by atoms with Crippen LogP contribution in [-0.2, 0) is 17.9 Å². The van der Waals surface area contributed by atoms with Gasteiger partial charge in [0.15, 0.2) is 0 Å². The minimum absolute atomic E-state index is 0.120. The highest BCUT2D eigenvalue weighted by atomic mass is 16.5. The number of hydrogen-bond acceptors (Lipinski definition) is 3. The number of piperidine rings is 1. The van der Waals surface area contributed by atoms with Gasteiger partial charge in [-0.1, -0.05) is 36.4 Å². The third-order valence-corrected chi connectivity index (χ3v) is 5.62. The van der Waals surface area contributed by atoms with Crippen molar-refractivity contribution in [3.05, 3.63) is 70.1 Å². The molecule has 1 aromatic carbocycles. The standard InChI is InChI=1S/C21H26N2O3/c24-19(15-26-14-16-5-2-1-3-6-16)13-22-10-17-9-18(12-22)20-7-4-8-21(25)23(20)11-17/h1-8,17-19,24H,9-15H2/p+1/t17-,18+,19-/m1/s1. The van der Waals surface area contributed by atoms with Crippen molar-refractivity contribution in [1.82, 2.24) is 4.57 Å². The summed E-state index contributed by atoms with van der Waals surface area (Å²) in [5.41, 5.74) is 2.41. The van der Waals surface area contributed by atoms with Crippen molar-refractivity contribution >= 4 is 0 Å². The molecule has 0 spiro atoms. The summed E-state index contributed by atoms with van der Waals surface area (Å²) in [6.07, 6.45) is 0.707. The maximum Gasteiger partial charge on any atom is 0.250 e. The van der Waals surface area contributed by atoms with E-state index < -0.39 is 6.10 Å². The topological polar surface area (TPSA) is 55.9 Å². The molecule has 0 saturated carbocycles. The molecule has 0 aliphatic carbocycles. The van der Waals surface area contributed by atoms with Gasteiger partial charge in [-0.2, -0.15) is 0 Å². The fourth-order valence-corrected chi connectivity index (χ4v) is 4.57. The second-order valence-electron chi connectivity index (χ2n) is 7.72. The summed E-state index contributed by atoms with van der Waals surface area (Å²) in [5, 5.41) is 10.4. The molecule has 1 fully saturated rings. The molecule has 26 heavy (non-hydrogen) atoms. The van der Waals surface area contributed by atoms with Crippen LogP contribution in [0.2, 0.25) is 0 Å². The summed E-state index contributed by atoms with van der Waals surface area (Å²) in [5.74, 6) is 0.942. The normalized spacial score (nSPS) is 25.5. The Morgan fingerprint density at radius 1 is 1.15 bits per heavy atom. The molecule has 5 heteroatoms. The Bertz CT molecular complexity index is 789. The number of likely N-dealkylation sites (tertiary alicyclic amines) is 1. The van der Waals surface area contributed by atoms with Gasteiger partial charge in [-0.3, -0.25) is 4.79 Å². The Hall–Kier alpha value is -1.95. The molecule has 1 saturated heterocycles.